The summed E-state index contributed by atoms with van der Waals surface area (Å²) in [4.78, 5) is 14.6. The zero-order valence-corrected chi connectivity index (χ0v) is 14.1. The highest BCUT2D eigenvalue weighted by Crippen LogP contribution is 2.19. The first-order chi connectivity index (χ1) is 11.8. The van der Waals surface area contributed by atoms with Gasteiger partial charge in [0.15, 0.2) is 5.69 Å². The Morgan fingerprint density at radius 2 is 2.12 bits per heavy atom. The van der Waals surface area contributed by atoms with E-state index >= 15 is 0 Å². The molecule has 1 fully saturated rings. The van der Waals surface area contributed by atoms with Crippen molar-refractivity contribution in [2.45, 2.75) is 38.3 Å². The minimum Gasteiger partial charge on any atom is -0.383 e. The maximum absolute atomic E-state index is 12.7. The van der Waals surface area contributed by atoms with E-state index in [1.807, 2.05) is 23.1 Å². The van der Waals surface area contributed by atoms with Crippen molar-refractivity contribution in [2.24, 2.45) is 0 Å². The summed E-state index contributed by atoms with van der Waals surface area (Å²) in [6.45, 7) is 2.06. The lowest BCUT2D eigenvalue weighted by atomic mass is 10.0. The van der Waals surface area contributed by atoms with E-state index in [1.54, 1.807) is 18.0 Å². The van der Waals surface area contributed by atoms with Crippen molar-refractivity contribution in [3.8, 4) is 0 Å². The maximum atomic E-state index is 12.7. The molecule has 0 bridgehead atoms. The Bertz CT molecular complexity index is 654. The molecule has 3 rings (SSSR count). The molecule has 6 heteroatoms. The highest BCUT2D eigenvalue weighted by molar-refractivity contribution is 5.92. The first kappa shape index (κ1) is 16.6. The first-order valence-corrected chi connectivity index (χ1v) is 8.52. The molecule has 128 valence electrons. The predicted octanol–water partition coefficient (Wildman–Crippen LogP) is 2.16. The number of aryl methyl sites for hydroxylation is 2. The normalized spacial score (nSPS) is 17.9. The van der Waals surface area contributed by atoms with Gasteiger partial charge in [0.25, 0.3) is 5.91 Å². The molecule has 1 amide bonds. The van der Waals surface area contributed by atoms with Crippen LogP contribution in [-0.2, 0) is 17.7 Å². The van der Waals surface area contributed by atoms with E-state index in [2.05, 4.69) is 22.4 Å². The summed E-state index contributed by atoms with van der Waals surface area (Å²) >= 11 is 0. The fourth-order valence-electron chi connectivity index (χ4n) is 3.17. The summed E-state index contributed by atoms with van der Waals surface area (Å²) in [6, 6.07) is 10.4. The summed E-state index contributed by atoms with van der Waals surface area (Å²) < 4.78 is 7.00. The van der Waals surface area contributed by atoms with Crippen LogP contribution in [0.3, 0.4) is 0 Å². The number of nitrogens with zero attached hydrogens (tertiary/aromatic N) is 4. The van der Waals surface area contributed by atoms with Gasteiger partial charge >= 0.3 is 0 Å². The Morgan fingerprint density at radius 3 is 2.92 bits per heavy atom. The third-order valence-electron chi connectivity index (χ3n) is 4.48. The SMILES string of the molecule is COCC1CCCCN1C(=O)c1cn(CCc2ccccc2)nn1. The van der Waals surface area contributed by atoms with Crippen LogP contribution in [0.5, 0.6) is 0 Å². The zero-order valence-electron chi connectivity index (χ0n) is 14.1. The van der Waals surface area contributed by atoms with E-state index in [-0.39, 0.29) is 11.9 Å². The number of likely N-dealkylation sites (tertiary alicyclic amines) is 1. The third kappa shape index (κ3) is 4.00. The van der Waals surface area contributed by atoms with Crippen molar-refractivity contribution in [1.29, 1.82) is 0 Å². The van der Waals surface area contributed by atoms with E-state index < -0.39 is 0 Å². The summed E-state index contributed by atoms with van der Waals surface area (Å²) in [7, 11) is 1.68. The third-order valence-corrected chi connectivity index (χ3v) is 4.48. The molecular formula is C18H24N4O2. The van der Waals surface area contributed by atoms with Gasteiger partial charge in [-0.1, -0.05) is 35.5 Å². The van der Waals surface area contributed by atoms with Gasteiger partial charge in [-0.2, -0.15) is 0 Å². The fourth-order valence-corrected chi connectivity index (χ4v) is 3.17. The van der Waals surface area contributed by atoms with Gasteiger partial charge in [-0.05, 0) is 31.2 Å². The monoisotopic (exact) mass is 328 g/mol. The van der Waals surface area contributed by atoms with Crippen LogP contribution in [0.25, 0.3) is 0 Å². The van der Waals surface area contributed by atoms with Crippen LogP contribution >= 0.6 is 0 Å². The van der Waals surface area contributed by atoms with E-state index in [9.17, 15) is 4.79 Å². The molecule has 2 heterocycles. The second kappa shape index (κ2) is 8.06. The molecule has 1 atom stereocenters. The van der Waals surface area contributed by atoms with Gasteiger partial charge in [-0.3, -0.25) is 9.48 Å². The Labute approximate surface area is 142 Å². The van der Waals surface area contributed by atoms with E-state index in [0.29, 0.717) is 18.8 Å². The predicted molar refractivity (Wildman–Crippen MR) is 90.7 cm³/mol. The molecule has 1 unspecified atom stereocenters. The average molecular weight is 328 g/mol. The van der Waals surface area contributed by atoms with Crippen molar-refractivity contribution in [1.82, 2.24) is 19.9 Å². The van der Waals surface area contributed by atoms with Crippen LogP contribution in [-0.4, -0.2) is 52.1 Å². The number of hydrogen-bond acceptors (Lipinski definition) is 4. The van der Waals surface area contributed by atoms with E-state index in [0.717, 1.165) is 32.2 Å². The second-order valence-electron chi connectivity index (χ2n) is 6.21. The molecular weight excluding hydrogens is 304 g/mol. The molecule has 1 aliphatic rings. The smallest absolute Gasteiger partial charge is 0.276 e. The largest absolute Gasteiger partial charge is 0.383 e. The van der Waals surface area contributed by atoms with Crippen molar-refractivity contribution in [2.75, 3.05) is 20.3 Å². The maximum Gasteiger partial charge on any atom is 0.276 e. The molecule has 24 heavy (non-hydrogen) atoms. The molecule has 0 saturated carbocycles. The molecule has 2 aromatic rings. The van der Waals surface area contributed by atoms with Gasteiger partial charge in [0.1, 0.15) is 0 Å². The van der Waals surface area contributed by atoms with Gasteiger partial charge in [-0.25, -0.2) is 0 Å². The van der Waals surface area contributed by atoms with Crippen molar-refractivity contribution >= 4 is 5.91 Å². The van der Waals surface area contributed by atoms with Crippen molar-refractivity contribution in [3.63, 3.8) is 0 Å². The number of rotatable bonds is 6. The number of methoxy groups -OCH3 is 1. The number of carbonyl (C=O) groups is 1. The molecule has 6 nitrogen and oxygen atoms in total. The number of amides is 1. The molecule has 1 saturated heterocycles. The lowest BCUT2D eigenvalue weighted by molar-refractivity contribution is 0.0423. The van der Waals surface area contributed by atoms with Crippen LogP contribution in [0.1, 0.15) is 35.3 Å². The number of aromatic nitrogens is 3. The summed E-state index contributed by atoms with van der Waals surface area (Å²) in [5, 5.41) is 8.19. The van der Waals surface area contributed by atoms with Gasteiger partial charge in [-0.15, -0.1) is 5.10 Å². The summed E-state index contributed by atoms with van der Waals surface area (Å²) in [5.41, 5.74) is 1.67. The quantitative estimate of drug-likeness (QED) is 0.815. The zero-order chi connectivity index (χ0) is 16.8. The van der Waals surface area contributed by atoms with Crippen LogP contribution in [0.4, 0.5) is 0 Å². The van der Waals surface area contributed by atoms with E-state index in [4.69, 9.17) is 4.74 Å². The molecule has 0 spiro atoms. The molecule has 1 aromatic carbocycles. The van der Waals surface area contributed by atoms with E-state index in [1.165, 1.54) is 5.56 Å². The van der Waals surface area contributed by atoms with Gasteiger partial charge < -0.3 is 9.64 Å². The van der Waals surface area contributed by atoms with Crippen molar-refractivity contribution in [3.05, 3.63) is 47.8 Å². The van der Waals surface area contributed by atoms with Crippen molar-refractivity contribution < 1.29 is 9.53 Å². The Morgan fingerprint density at radius 1 is 1.29 bits per heavy atom. The van der Waals surface area contributed by atoms with Crippen LogP contribution in [0, 0.1) is 0 Å². The summed E-state index contributed by atoms with van der Waals surface area (Å²) in [6.07, 6.45) is 5.79. The Kier molecular flexibility index (Phi) is 5.59. The second-order valence-corrected chi connectivity index (χ2v) is 6.21. The number of carbonyl (C=O) groups excluding carboxylic acids is 1. The van der Waals surface area contributed by atoms with Gasteiger partial charge in [0.2, 0.25) is 0 Å². The lowest BCUT2D eigenvalue weighted by Gasteiger charge is -2.34. The number of ether oxygens (including phenoxy) is 1. The van der Waals surface area contributed by atoms with Gasteiger partial charge in [0.05, 0.1) is 18.8 Å². The molecule has 1 aromatic heterocycles. The average Bonchev–Trinajstić information content (AvgIpc) is 3.10. The highest BCUT2D eigenvalue weighted by atomic mass is 16.5. The van der Waals surface area contributed by atoms with Gasteiger partial charge in [0, 0.05) is 20.2 Å². The fraction of sp³-hybridized carbons (Fsp3) is 0.500. The van der Waals surface area contributed by atoms with Crippen LogP contribution in [0.15, 0.2) is 36.5 Å². The standard InChI is InChI=1S/C18H24N4O2/c1-24-14-16-9-5-6-11-22(16)18(23)17-13-21(20-19-17)12-10-15-7-3-2-4-8-15/h2-4,7-8,13,16H,5-6,9-12,14H2,1H3. The first-order valence-electron chi connectivity index (χ1n) is 8.52. The molecule has 0 radical (unpaired) electrons. The topological polar surface area (TPSA) is 60.2 Å². The highest BCUT2D eigenvalue weighted by Gasteiger charge is 2.28. The minimum atomic E-state index is -0.0392. The lowest BCUT2D eigenvalue weighted by Crippen LogP contribution is -2.46. The minimum absolute atomic E-state index is 0.0392. The molecule has 0 aliphatic carbocycles. The Hall–Kier alpha value is -2.21. The van der Waals surface area contributed by atoms with Crippen LogP contribution in [0.2, 0.25) is 0 Å². The number of piperidine rings is 1. The summed E-state index contributed by atoms with van der Waals surface area (Å²) in [5.74, 6) is -0.0392. The number of benzene rings is 1. The molecule has 1 aliphatic heterocycles. The number of hydrogen-bond donors (Lipinski definition) is 0. The Balaban J connectivity index is 1.62. The van der Waals surface area contributed by atoms with Crippen LogP contribution < -0.4 is 0 Å². The molecule has 0 N–H and O–H groups in total.